The van der Waals surface area contributed by atoms with Gasteiger partial charge in [0.05, 0.1) is 5.92 Å². The molecule has 1 aliphatic heterocycles. The maximum atomic E-state index is 11.9. The molecular formula is C14H19N3O2. The van der Waals surface area contributed by atoms with Gasteiger partial charge in [0, 0.05) is 25.5 Å². The number of carbonyl (C=O) groups is 2. The van der Waals surface area contributed by atoms with Crippen molar-refractivity contribution in [3.63, 3.8) is 0 Å². The summed E-state index contributed by atoms with van der Waals surface area (Å²) < 4.78 is 0. The number of fused-ring (bicyclic) bond motifs is 1. The van der Waals surface area contributed by atoms with Crippen molar-refractivity contribution >= 4 is 23.3 Å². The molecule has 1 unspecified atom stereocenters. The zero-order valence-electron chi connectivity index (χ0n) is 11.7. The Bertz CT molecular complexity index is 523. The number of amides is 3. The predicted molar refractivity (Wildman–Crippen MR) is 75.4 cm³/mol. The normalized spacial score (nSPS) is 17.1. The molecule has 5 nitrogen and oxygen atoms in total. The summed E-state index contributed by atoms with van der Waals surface area (Å²) in [7, 11) is 3.37. The average Bonchev–Trinajstić information content (AvgIpc) is 2.64. The molecule has 0 radical (unpaired) electrons. The van der Waals surface area contributed by atoms with Crippen LogP contribution in [-0.2, 0) is 4.79 Å². The monoisotopic (exact) mass is 261 g/mol. The van der Waals surface area contributed by atoms with Crippen LogP contribution in [0.1, 0.15) is 25.3 Å². The summed E-state index contributed by atoms with van der Waals surface area (Å²) in [5.41, 5.74) is 2.50. The molecule has 2 N–H and O–H groups in total. The molecule has 1 heterocycles. The fourth-order valence-corrected chi connectivity index (χ4v) is 2.26. The number of nitrogens with one attached hydrogen (secondary N) is 2. The van der Waals surface area contributed by atoms with Crippen LogP contribution in [0.3, 0.4) is 0 Å². The van der Waals surface area contributed by atoms with Crippen LogP contribution < -0.4 is 10.6 Å². The van der Waals surface area contributed by atoms with E-state index in [1.165, 1.54) is 4.90 Å². The van der Waals surface area contributed by atoms with Crippen LogP contribution in [0.4, 0.5) is 16.2 Å². The van der Waals surface area contributed by atoms with E-state index < -0.39 is 0 Å². The molecule has 0 spiro atoms. The highest BCUT2D eigenvalue weighted by Gasteiger charge is 2.32. The van der Waals surface area contributed by atoms with Gasteiger partial charge < -0.3 is 15.5 Å². The van der Waals surface area contributed by atoms with E-state index in [4.69, 9.17) is 0 Å². The molecular weight excluding hydrogens is 242 g/mol. The van der Waals surface area contributed by atoms with E-state index >= 15 is 0 Å². The molecule has 102 valence electrons. The maximum Gasteiger partial charge on any atom is 0.321 e. The van der Waals surface area contributed by atoms with Crippen LogP contribution in [0, 0.1) is 5.92 Å². The highest BCUT2D eigenvalue weighted by atomic mass is 16.2. The minimum absolute atomic E-state index is 0.0288. The molecule has 2 rings (SSSR count). The molecule has 1 aromatic rings. The number of hydrogen-bond acceptors (Lipinski definition) is 2. The number of benzene rings is 1. The third-order valence-corrected chi connectivity index (χ3v) is 3.25. The van der Waals surface area contributed by atoms with Gasteiger partial charge in [0.1, 0.15) is 0 Å². The number of urea groups is 1. The Hall–Kier alpha value is -2.04. The van der Waals surface area contributed by atoms with E-state index in [0.29, 0.717) is 5.69 Å². The Balaban J connectivity index is 2.29. The molecule has 0 bridgehead atoms. The molecule has 1 atom stereocenters. The molecule has 0 fully saturated rings. The van der Waals surface area contributed by atoms with Crippen molar-refractivity contribution in [1.82, 2.24) is 4.90 Å². The third-order valence-electron chi connectivity index (χ3n) is 3.25. The zero-order valence-corrected chi connectivity index (χ0v) is 11.7. The molecule has 3 amide bonds. The molecule has 19 heavy (non-hydrogen) atoms. The summed E-state index contributed by atoms with van der Waals surface area (Å²) in [6, 6.07) is 5.32. The van der Waals surface area contributed by atoms with E-state index in [1.807, 2.05) is 26.0 Å². The quantitative estimate of drug-likeness (QED) is 0.859. The Kier molecular flexibility index (Phi) is 3.46. The Morgan fingerprint density at radius 1 is 1.37 bits per heavy atom. The van der Waals surface area contributed by atoms with Gasteiger partial charge in [-0.1, -0.05) is 13.8 Å². The lowest BCUT2D eigenvalue weighted by Gasteiger charge is -2.15. The van der Waals surface area contributed by atoms with E-state index in [0.717, 1.165) is 11.3 Å². The Morgan fingerprint density at radius 2 is 2.05 bits per heavy atom. The van der Waals surface area contributed by atoms with Gasteiger partial charge in [0.25, 0.3) is 0 Å². The first-order chi connectivity index (χ1) is 8.90. The van der Waals surface area contributed by atoms with Gasteiger partial charge in [0.2, 0.25) is 5.91 Å². The SMILES string of the molecule is CC(C)C1C(=O)Nc2ccc(NC(=O)N(C)C)cc21. The number of carbonyl (C=O) groups excluding carboxylic acids is 2. The molecule has 5 heteroatoms. The van der Waals surface area contributed by atoms with Gasteiger partial charge in [-0.15, -0.1) is 0 Å². The summed E-state index contributed by atoms with van der Waals surface area (Å²) in [5.74, 6) is 0.105. The van der Waals surface area contributed by atoms with Gasteiger partial charge >= 0.3 is 6.03 Å². The van der Waals surface area contributed by atoms with Crippen LogP contribution in [0.5, 0.6) is 0 Å². The highest BCUT2D eigenvalue weighted by molar-refractivity contribution is 6.03. The van der Waals surface area contributed by atoms with Crippen LogP contribution in [0.15, 0.2) is 18.2 Å². The second-order valence-electron chi connectivity index (χ2n) is 5.34. The minimum atomic E-state index is -0.182. The van der Waals surface area contributed by atoms with Crippen LogP contribution in [0.2, 0.25) is 0 Å². The maximum absolute atomic E-state index is 11.9. The van der Waals surface area contributed by atoms with Gasteiger partial charge in [-0.25, -0.2) is 4.79 Å². The second kappa shape index (κ2) is 4.91. The van der Waals surface area contributed by atoms with Crippen molar-refractivity contribution in [2.24, 2.45) is 5.92 Å². The molecule has 0 saturated carbocycles. The van der Waals surface area contributed by atoms with Crippen molar-refractivity contribution in [2.75, 3.05) is 24.7 Å². The number of anilines is 2. The van der Waals surface area contributed by atoms with Crippen LogP contribution >= 0.6 is 0 Å². The first kappa shape index (κ1) is 13.4. The van der Waals surface area contributed by atoms with Crippen LogP contribution in [-0.4, -0.2) is 30.9 Å². The van der Waals surface area contributed by atoms with Crippen molar-refractivity contribution in [2.45, 2.75) is 19.8 Å². The fourth-order valence-electron chi connectivity index (χ4n) is 2.26. The molecule has 1 aromatic carbocycles. The zero-order chi connectivity index (χ0) is 14.2. The van der Waals surface area contributed by atoms with Gasteiger partial charge in [-0.3, -0.25) is 4.79 Å². The van der Waals surface area contributed by atoms with Gasteiger partial charge in [0.15, 0.2) is 0 Å². The molecule has 0 saturated heterocycles. The summed E-state index contributed by atoms with van der Waals surface area (Å²) in [6.45, 7) is 4.04. The molecule has 1 aliphatic rings. The van der Waals surface area contributed by atoms with Crippen molar-refractivity contribution in [3.05, 3.63) is 23.8 Å². The van der Waals surface area contributed by atoms with Gasteiger partial charge in [-0.2, -0.15) is 0 Å². The number of rotatable bonds is 2. The summed E-state index contributed by atoms with van der Waals surface area (Å²) >= 11 is 0. The van der Waals surface area contributed by atoms with Crippen molar-refractivity contribution in [1.29, 1.82) is 0 Å². The van der Waals surface area contributed by atoms with E-state index in [9.17, 15) is 9.59 Å². The lowest BCUT2D eigenvalue weighted by molar-refractivity contribution is -0.117. The van der Waals surface area contributed by atoms with Crippen molar-refractivity contribution in [3.8, 4) is 0 Å². The minimum Gasteiger partial charge on any atom is -0.331 e. The second-order valence-corrected chi connectivity index (χ2v) is 5.34. The van der Waals surface area contributed by atoms with Crippen LogP contribution in [0.25, 0.3) is 0 Å². The summed E-state index contributed by atoms with van der Waals surface area (Å²) in [6.07, 6.45) is 0. The predicted octanol–water partition coefficient (Wildman–Crippen LogP) is 2.47. The first-order valence-electron chi connectivity index (χ1n) is 6.33. The Labute approximate surface area is 113 Å². The number of nitrogens with zero attached hydrogens (tertiary/aromatic N) is 1. The van der Waals surface area contributed by atoms with E-state index in [-0.39, 0.29) is 23.8 Å². The third kappa shape index (κ3) is 2.54. The summed E-state index contributed by atoms with van der Waals surface area (Å²) in [4.78, 5) is 25.0. The lowest BCUT2D eigenvalue weighted by Crippen LogP contribution is -2.27. The fraction of sp³-hybridized carbons (Fsp3) is 0.429. The molecule has 0 aromatic heterocycles. The van der Waals surface area contributed by atoms with Crippen molar-refractivity contribution < 1.29 is 9.59 Å². The Morgan fingerprint density at radius 3 is 2.63 bits per heavy atom. The smallest absolute Gasteiger partial charge is 0.321 e. The first-order valence-corrected chi connectivity index (χ1v) is 6.33. The number of hydrogen-bond donors (Lipinski definition) is 2. The van der Waals surface area contributed by atoms with E-state index in [1.54, 1.807) is 20.2 Å². The topological polar surface area (TPSA) is 61.4 Å². The summed E-state index contributed by atoms with van der Waals surface area (Å²) in [5, 5.41) is 5.66. The average molecular weight is 261 g/mol. The standard InChI is InChI=1S/C14H19N3O2/c1-8(2)12-10-7-9(15-14(19)17(3)4)5-6-11(10)16-13(12)18/h5-8,12H,1-4H3,(H,15,19)(H,16,18). The largest absolute Gasteiger partial charge is 0.331 e. The molecule has 0 aliphatic carbocycles. The van der Waals surface area contributed by atoms with Gasteiger partial charge in [-0.05, 0) is 29.7 Å². The van der Waals surface area contributed by atoms with E-state index in [2.05, 4.69) is 10.6 Å². The highest BCUT2D eigenvalue weighted by Crippen LogP contribution is 2.38. The lowest BCUT2D eigenvalue weighted by atomic mass is 9.89.